The summed E-state index contributed by atoms with van der Waals surface area (Å²) in [6.07, 6.45) is 4.58. The summed E-state index contributed by atoms with van der Waals surface area (Å²) in [5, 5.41) is 2.76. The maximum Gasteiger partial charge on any atom is 0.227 e. The van der Waals surface area contributed by atoms with Crippen LogP contribution in [-0.4, -0.2) is 54.3 Å². The standard InChI is InChI=1S/C21H27N3O2/c1-16(25)22-19-8-6-7-17(13-19)9-10-20-14-18(21(26)23(20)2)15-24-11-4-3-5-12-24/h6-8,13,18,20H,3-5,11-12,14-15H2,1-2H3,(H,22,25). The average Bonchev–Trinajstić information content (AvgIpc) is 2.89. The fourth-order valence-corrected chi connectivity index (χ4v) is 3.78. The van der Waals surface area contributed by atoms with E-state index in [1.807, 2.05) is 31.3 Å². The molecule has 0 aliphatic carbocycles. The third kappa shape index (κ3) is 4.64. The van der Waals surface area contributed by atoms with Crippen molar-refractivity contribution in [1.29, 1.82) is 0 Å². The van der Waals surface area contributed by atoms with Gasteiger partial charge in [0.05, 0.1) is 12.0 Å². The van der Waals surface area contributed by atoms with Crippen LogP contribution in [0.15, 0.2) is 24.3 Å². The number of likely N-dealkylation sites (tertiary alicyclic amines) is 2. The Morgan fingerprint density at radius 1 is 1.27 bits per heavy atom. The van der Waals surface area contributed by atoms with E-state index in [4.69, 9.17) is 0 Å². The van der Waals surface area contributed by atoms with Crippen molar-refractivity contribution in [3.05, 3.63) is 29.8 Å². The summed E-state index contributed by atoms with van der Waals surface area (Å²) in [6, 6.07) is 7.45. The minimum absolute atomic E-state index is 0.0401. The number of hydrogen-bond acceptors (Lipinski definition) is 3. The topological polar surface area (TPSA) is 52.7 Å². The van der Waals surface area contributed by atoms with Crippen LogP contribution in [-0.2, 0) is 9.59 Å². The van der Waals surface area contributed by atoms with Crippen LogP contribution in [0, 0.1) is 17.8 Å². The van der Waals surface area contributed by atoms with E-state index in [1.165, 1.54) is 26.2 Å². The first-order valence-electron chi connectivity index (χ1n) is 9.41. The van der Waals surface area contributed by atoms with E-state index in [1.54, 1.807) is 4.90 Å². The molecule has 0 spiro atoms. The molecule has 138 valence electrons. The zero-order valence-electron chi connectivity index (χ0n) is 15.6. The summed E-state index contributed by atoms with van der Waals surface area (Å²) in [7, 11) is 1.85. The SMILES string of the molecule is CC(=O)Nc1cccc(C#CC2CC(CN3CCCCC3)C(=O)N2C)c1. The van der Waals surface area contributed by atoms with Gasteiger partial charge in [-0.15, -0.1) is 0 Å². The average molecular weight is 353 g/mol. The van der Waals surface area contributed by atoms with Crippen LogP contribution < -0.4 is 5.32 Å². The monoisotopic (exact) mass is 353 g/mol. The molecule has 2 aliphatic rings. The second kappa shape index (κ2) is 8.37. The first-order valence-corrected chi connectivity index (χ1v) is 9.41. The first-order chi connectivity index (χ1) is 12.5. The van der Waals surface area contributed by atoms with Crippen molar-refractivity contribution in [2.24, 2.45) is 5.92 Å². The Morgan fingerprint density at radius 2 is 2.04 bits per heavy atom. The Morgan fingerprint density at radius 3 is 2.77 bits per heavy atom. The van der Waals surface area contributed by atoms with E-state index in [2.05, 4.69) is 22.1 Å². The molecule has 0 saturated carbocycles. The highest BCUT2D eigenvalue weighted by molar-refractivity contribution is 5.88. The van der Waals surface area contributed by atoms with Crippen molar-refractivity contribution in [3.8, 4) is 11.8 Å². The van der Waals surface area contributed by atoms with Crippen molar-refractivity contribution in [3.63, 3.8) is 0 Å². The molecule has 2 heterocycles. The molecule has 1 aromatic rings. The van der Waals surface area contributed by atoms with Gasteiger partial charge < -0.3 is 15.1 Å². The molecule has 0 bridgehead atoms. The highest BCUT2D eigenvalue weighted by Crippen LogP contribution is 2.25. The Bertz CT molecular complexity index is 728. The minimum atomic E-state index is -0.100. The van der Waals surface area contributed by atoms with Crippen LogP contribution in [0.2, 0.25) is 0 Å². The lowest BCUT2D eigenvalue weighted by Crippen LogP contribution is -2.37. The number of anilines is 1. The molecule has 26 heavy (non-hydrogen) atoms. The number of piperidine rings is 1. The van der Waals surface area contributed by atoms with Gasteiger partial charge in [0, 0.05) is 31.8 Å². The van der Waals surface area contributed by atoms with Crippen LogP contribution in [0.25, 0.3) is 0 Å². The Labute approximate surface area is 155 Å². The van der Waals surface area contributed by atoms with Crippen molar-refractivity contribution >= 4 is 17.5 Å². The normalized spacial score (nSPS) is 23.5. The molecule has 2 amide bonds. The van der Waals surface area contributed by atoms with Crippen LogP contribution in [0.4, 0.5) is 5.69 Å². The van der Waals surface area contributed by atoms with Crippen molar-refractivity contribution in [2.75, 3.05) is 32.0 Å². The largest absolute Gasteiger partial charge is 0.332 e. The van der Waals surface area contributed by atoms with Crippen LogP contribution in [0.1, 0.15) is 38.2 Å². The predicted molar refractivity (Wildman–Crippen MR) is 103 cm³/mol. The van der Waals surface area contributed by atoms with Crippen molar-refractivity contribution in [1.82, 2.24) is 9.80 Å². The maximum atomic E-state index is 12.6. The molecule has 2 fully saturated rings. The molecule has 5 heteroatoms. The highest BCUT2D eigenvalue weighted by Gasteiger charge is 2.37. The summed E-state index contributed by atoms with van der Waals surface area (Å²) in [6.45, 7) is 4.57. The quantitative estimate of drug-likeness (QED) is 0.849. The molecule has 3 rings (SSSR count). The molecule has 2 atom stereocenters. The fraction of sp³-hybridized carbons (Fsp3) is 0.524. The summed E-state index contributed by atoms with van der Waals surface area (Å²) in [4.78, 5) is 27.9. The third-order valence-electron chi connectivity index (χ3n) is 5.17. The van der Waals surface area contributed by atoms with Gasteiger partial charge >= 0.3 is 0 Å². The Kier molecular flexibility index (Phi) is 5.95. The molecule has 0 radical (unpaired) electrons. The number of carbonyl (C=O) groups is 2. The van der Waals surface area contributed by atoms with Gasteiger partial charge in [0.1, 0.15) is 0 Å². The Hall–Kier alpha value is -2.32. The number of benzene rings is 1. The lowest BCUT2D eigenvalue weighted by atomic mass is 10.0. The van der Waals surface area contributed by atoms with Gasteiger partial charge in [-0.25, -0.2) is 0 Å². The number of nitrogens with one attached hydrogen (secondary N) is 1. The zero-order chi connectivity index (χ0) is 18.5. The number of nitrogens with zero attached hydrogens (tertiary/aromatic N) is 2. The summed E-state index contributed by atoms with van der Waals surface area (Å²) in [5.74, 6) is 6.58. The summed E-state index contributed by atoms with van der Waals surface area (Å²) < 4.78 is 0. The van der Waals surface area contributed by atoms with Crippen molar-refractivity contribution < 1.29 is 9.59 Å². The lowest BCUT2D eigenvalue weighted by molar-refractivity contribution is -0.130. The lowest BCUT2D eigenvalue weighted by Gasteiger charge is -2.28. The van der Waals surface area contributed by atoms with Gasteiger partial charge in [-0.2, -0.15) is 0 Å². The van der Waals surface area contributed by atoms with E-state index in [-0.39, 0.29) is 23.8 Å². The molecule has 1 aromatic carbocycles. The van der Waals surface area contributed by atoms with Gasteiger partial charge in [-0.1, -0.05) is 24.3 Å². The first kappa shape index (κ1) is 18.5. The summed E-state index contributed by atoms with van der Waals surface area (Å²) >= 11 is 0. The van der Waals surface area contributed by atoms with Gasteiger partial charge in [0.2, 0.25) is 11.8 Å². The minimum Gasteiger partial charge on any atom is -0.332 e. The molecule has 2 unspecified atom stereocenters. The molecule has 5 nitrogen and oxygen atoms in total. The number of carbonyl (C=O) groups excluding carboxylic acids is 2. The van der Waals surface area contributed by atoms with Crippen LogP contribution >= 0.6 is 0 Å². The molecule has 2 saturated heterocycles. The predicted octanol–water partition coefficient (Wildman–Crippen LogP) is 2.33. The second-order valence-electron chi connectivity index (χ2n) is 7.29. The van der Waals surface area contributed by atoms with Gasteiger partial charge in [0.25, 0.3) is 0 Å². The van der Waals surface area contributed by atoms with Crippen LogP contribution in [0.5, 0.6) is 0 Å². The van der Waals surface area contributed by atoms with Crippen LogP contribution in [0.3, 0.4) is 0 Å². The molecule has 2 aliphatic heterocycles. The molecular weight excluding hydrogens is 326 g/mol. The van der Waals surface area contributed by atoms with Gasteiger partial charge in [-0.05, 0) is 50.6 Å². The second-order valence-corrected chi connectivity index (χ2v) is 7.29. The van der Waals surface area contributed by atoms with E-state index in [0.717, 1.165) is 37.3 Å². The van der Waals surface area contributed by atoms with E-state index >= 15 is 0 Å². The van der Waals surface area contributed by atoms with E-state index in [9.17, 15) is 9.59 Å². The van der Waals surface area contributed by atoms with E-state index < -0.39 is 0 Å². The van der Waals surface area contributed by atoms with Crippen molar-refractivity contribution in [2.45, 2.75) is 38.6 Å². The Balaban J connectivity index is 1.64. The molecular formula is C21H27N3O2. The zero-order valence-corrected chi connectivity index (χ0v) is 15.6. The smallest absolute Gasteiger partial charge is 0.227 e. The summed E-state index contributed by atoms with van der Waals surface area (Å²) in [5.41, 5.74) is 1.58. The fourth-order valence-electron chi connectivity index (χ4n) is 3.78. The maximum absolute atomic E-state index is 12.6. The van der Waals surface area contributed by atoms with E-state index in [0.29, 0.717) is 0 Å². The molecule has 1 N–H and O–H groups in total. The number of hydrogen-bond donors (Lipinski definition) is 1. The third-order valence-corrected chi connectivity index (χ3v) is 5.17. The molecule has 0 aromatic heterocycles. The van der Waals surface area contributed by atoms with Gasteiger partial charge in [0.15, 0.2) is 0 Å². The number of rotatable bonds is 3. The van der Waals surface area contributed by atoms with Gasteiger partial charge in [-0.3, -0.25) is 9.59 Å². The highest BCUT2D eigenvalue weighted by atomic mass is 16.2. The number of amides is 2.